The van der Waals surface area contributed by atoms with Crippen LogP contribution in [0.25, 0.3) is 0 Å². The highest BCUT2D eigenvalue weighted by atomic mass is 79.9. The summed E-state index contributed by atoms with van der Waals surface area (Å²) in [5.41, 5.74) is 0.361. The second kappa shape index (κ2) is 4.83. The number of alkyl halides is 1. The van der Waals surface area contributed by atoms with Gasteiger partial charge in [-0.3, -0.25) is 4.79 Å². The molecule has 0 aromatic rings. The van der Waals surface area contributed by atoms with Gasteiger partial charge in [0.05, 0.1) is 19.6 Å². The molecule has 15 heavy (non-hydrogen) atoms. The van der Waals surface area contributed by atoms with E-state index in [0.29, 0.717) is 25.0 Å². The van der Waals surface area contributed by atoms with Crippen molar-refractivity contribution in [1.29, 1.82) is 0 Å². The third kappa shape index (κ3) is 2.53. The van der Waals surface area contributed by atoms with E-state index in [1.54, 1.807) is 0 Å². The standard InChI is InChI=1S/C11H18BrNO2/c12-8-11(3-1-4-11)9-13-5-7-15-6-2-10(13)14/h1-9H2. The Hall–Kier alpha value is -0.0900. The highest BCUT2D eigenvalue weighted by Gasteiger charge is 2.38. The molecule has 1 amide bonds. The summed E-state index contributed by atoms with van der Waals surface area (Å²) >= 11 is 3.58. The van der Waals surface area contributed by atoms with Gasteiger partial charge in [0, 0.05) is 18.4 Å². The fourth-order valence-electron chi connectivity index (χ4n) is 2.30. The van der Waals surface area contributed by atoms with Crippen LogP contribution >= 0.6 is 15.9 Å². The number of halogens is 1. The number of nitrogens with zero attached hydrogens (tertiary/aromatic N) is 1. The van der Waals surface area contributed by atoms with Crippen molar-refractivity contribution in [2.24, 2.45) is 5.41 Å². The van der Waals surface area contributed by atoms with E-state index in [0.717, 1.165) is 18.4 Å². The molecule has 3 nitrogen and oxygen atoms in total. The van der Waals surface area contributed by atoms with E-state index in [2.05, 4.69) is 15.9 Å². The zero-order chi connectivity index (χ0) is 10.7. The summed E-state index contributed by atoms with van der Waals surface area (Å²) in [6.45, 7) is 2.98. The van der Waals surface area contributed by atoms with Crippen LogP contribution in [0.3, 0.4) is 0 Å². The first kappa shape index (κ1) is 11.4. The van der Waals surface area contributed by atoms with E-state index >= 15 is 0 Å². The van der Waals surface area contributed by atoms with Gasteiger partial charge in [0.15, 0.2) is 0 Å². The molecule has 4 heteroatoms. The fraction of sp³-hybridized carbons (Fsp3) is 0.909. The molecule has 2 aliphatic rings. The van der Waals surface area contributed by atoms with Crippen LogP contribution in [-0.2, 0) is 9.53 Å². The summed E-state index contributed by atoms with van der Waals surface area (Å²) in [7, 11) is 0. The molecule has 86 valence electrons. The lowest BCUT2D eigenvalue weighted by Gasteiger charge is -2.43. The molecule has 0 radical (unpaired) electrons. The maximum Gasteiger partial charge on any atom is 0.224 e. The summed E-state index contributed by atoms with van der Waals surface area (Å²) < 4.78 is 5.32. The van der Waals surface area contributed by atoms with Gasteiger partial charge in [-0.05, 0) is 18.3 Å². The monoisotopic (exact) mass is 275 g/mol. The van der Waals surface area contributed by atoms with E-state index < -0.39 is 0 Å². The quantitative estimate of drug-likeness (QED) is 0.736. The Kier molecular flexibility index (Phi) is 3.67. The average molecular weight is 276 g/mol. The third-order valence-corrected chi connectivity index (χ3v) is 4.73. The maximum atomic E-state index is 11.8. The second-order valence-corrected chi connectivity index (χ2v) is 5.23. The van der Waals surface area contributed by atoms with E-state index in [-0.39, 0.29) is 5.91 Å². The predicted molar refractivity (Wildman–Crippen MR) is 62.1 cm³/mol. The molecule has 2 fully saturated rings. The largest absolute Gasteiger partial charge is 0.379 e. The first-order valence-corrected chi connectivity index (χ1v) is 6.79. The van der Waals surface area contributed by atoms with Crippen molar-refractivity contribution in [2.75, 3.05) is 31.6 Å². The number of carbonyl (C=O) groups is 1. The molecule has 1 aliphatic carbocycles. The summed E-state index contributed by atoms with van der Waals surface area (Å²) in [6, 6.07) is 0. The predicted octanol–water partition coefficient (Wildman–Crippen LogP) is 1.80. The molecular formula is C11H18BrNO2. The SMILES string of the molecule is O=C1CCOCCN1CC1(CBr)CCC1. The van der Waals surface area contributed by atoms with E-state index in [1.165, 1.54) is 19.3 Å². The molecule has 0 unspecified atom stereocenters. The summed E-state index contributed by atoms with van der Waals surface area (Å²) in [4.78, 5) is 13.8. The van der Waals surface area contributed by atoms with Gasteiger partial charge in [-0.2, -0.15) is 0 Å². The molecular weight excluding hydrogens is 258 g/mol. The van der Waals surface area contributed by atoms with Crippen molar-refractivity contribution in [3.05, 3.63) is 0 Å². The Balaban J connectivity index is 1.93. The van der Waals surface area contributed by atoms with Crippen LogP contribution < -0.4 is 0 Å². The Morgan fingerprint density at radius 2 is 2.20 bits per heavy atom. The zero-order valence-electron chi connectivity index (χ0n) is 9.01. The molecule has 1 heterocycles. The first-order valence-electron chi connectivity index (χ1n) is 5.67. The van der Waals surface area contributed by atoms with Gasteiger partial charge in [-0.1, -0.05) is 22.4 Å². The van der Waals surface area contributed by atoms with Crippen molar-refractivity contribution < 1.29 is 9.53 Å². The topological polar surface area (TPSA) is 29.5 Å². The van der Waals surface area contributed by atoms with Gasteiger partial charge in [0.25, 0.3) is 0 Å². The van der Waals surface area contributed by atoms with Gasteiger partial charge >= 0.3 is 0 Å². The highest BCUT2D eigenvalue weighted by Crippen LogP contribution is 2.43. The van der Waals surface area contributed by atoms with Crippen LogP contribution in [0.1, 0.15) is 25.7 Å². The highest BCUT2D eigenvalue weighted by molar-refractivity contribution is 9.09. The van der Waals surface area contributed by atoms with Crippen LogP contribution in [0.5, 0.6) is 0 Å². The zero-order valence-corrected chi connectivity index (χ0v) is 10.6. The molecule has 0 spiro atoms. The lowest BCUT2D eigenvalue weighted by Crippen LogP contribution is -2.46. The number of carbonyl (C=O) groups excluding carboxylic acids is 1. The number of rotatable bonds is 3. The number of hydrogen-bond acceptors (Lipinski definition) is 2. The van der Waals surface area contributed by atoms with Crippen molar-refractivity contribution in [1.82, 2.24) is 4.90 Å². The van der Waals surface area contributed by atoms with Crippen molar-refractivity contribution in [3.63, 3.8) is 0 Å². The van der Waals surface area contributed by atoms with Crippen LogP contribution in [0.2, 0.25) is 0 Å². The van der Waals surface area contributed by atoms with Gasteiger partial charge in [0.2, 0.25) is 5.91 Å². The van der Waals surface area contributed by atoms with Crippen LogP contribution in [0.4, 0.5) is 0 Å². The number of ether oxygens (including phenoxy) is 1. The summed E-state index contributed by atoms with van der Waals surface area (Å²) in [6.07, 6.45) is 4.37. The van der Waals surface area contributed by atoms with Crippen LogP contribution in [-0.4, -0.2) is 42.4 Å². The van der Waals surface area contributed by atoms with Crippen molar-refractivity contribution in [3.8, 4) is 0 Å². The Bertz CT molecular complexity index is 235. The maximum absolute atomic E-state index is 11.8. The number of hydrogen-bond donors (Lipinski definition) is 0. The molecule has 0 bridgehead atoms. The normalized spacial score (nSPS) is 25.9. The molecule has 1 saturated carbocycles. The number of amides is 1. The lowest BCUT2D eigenvalue weighted by atomic mass is 9.70. The lowest BCUT2D eigenvalue weighted by molar-refractivity contribution is -0.132. The first-order chi connectivity index (χ1) is 7.26. The molecule has 1 aliphatic heterocycles. The molecule has 0 atom stereocenters. The van der Waals surface area contributed by atoms with Gasteiger partial charge in [0.1, 0.15) is 0 Å². The van der Waals surface area contributed by atoms with Crippen molar-refractivity contribution >= 4 is 21.8 Å². The van der Waals surface area contributed by atoms with E-state index in [4.69, 9.17) is 4.74 Å². The summed E-state index contributed by atoms with van der Waals surface area (Å²) in [5, 5.41) is 1.02. The molecule has 2 rings (SSSR count). The smallest absolute Gasteiger partial charge is 0.224 e. The van der Waals surface area contributed by atoms with Gasteiger partial charge < -0.3 is 9.64 Å². The Morgan fingerprint density at radius 1 is 1.40 bits per heavy atom. The minimum absolute atomic E-state index is 0.264. The second-order valence-electron chi connectivity index (χ2n) is 4.66. The van der Waals surface area contributed by atoms with Crippen LogP contribution in [0.15, 0.2) is 0 Å². The molecule has 0 N–H and O–H groups in total. The minimum Gasteiger partial charge on any atom is -0.379 e. The average Bonchev–Trinajstić information content (AvgIpc) is 2.37. The molecule has 0 aromatic carbocycles. The van der Waals surface area contributed by atoms with E-state index in [9.17, 15) is 4.79 Å². The Labute approximate surface area is 99.3 Å². The van der Waals surface area contributed by atoms with Gasteiger partial charge in [-0.25, -0.2) is 0 Å². The van der Waals surface area contributed by atoms with Crippen molar-refractivity contribution in [2.45, 2.75) is 25.7 Å². The molecule has 0 aromatic heterocycles. The van der Waals surface area contributed by atoms with E-state index in [1.807, 2.05) is 4.90 Å². The van der Waals surface area contributed by atoms with Gasteiger partial charge in [-0.15, -0.1) is 0 Å². The van der Waals surface area contributed by atoms with Crippen LogP contribution in [0, 0.1) is 5.41 Å². The summed E-state index contributed by atoms with van der Waals surface area (Å²) in [5.74, 6) is 0.264. The Morgan fingerprint density at radius 3 is 2.80 bits per heavy atom. The minimum atomic E-state index is 0.264. The third-order valence-electron chi connectivity index (χ3n) is 3.54. The fourth-order valence-corrected chi connectivity index (χ4v) is 3.04. The molecule has 1 saturated heterocycles.